The van der Waals surface area contributed by atoms with Crippen LogP contribution < -0.4 is 10.1 Å². The number of aryl methyl sites for hydroxylation is 2. The third kappa shape index (κ3) is 9.42. The molecule has 1 N–H and O–H groups in total. The molecule has 1 atom stereocenters. The van der Waals surface area contributed by atoms with Crippen LogP contribution in [0.2, 0.25) is 0 Å². The van der Waals surface area contributed by atoms with Gasteiger partial charge in [0.2, 0.25) is 0 Å². The van der Waals surface area contributed by atoms with Crippen molar-refractivity contribution in [2.75, 3.05) is 30.9 Å². The molecule has 1 aromatic rings. The fourth-order valence-electron chi connectivity index (χ4n) is 4.59. The van der Waals surface area contributed by atoms with E-state index in [2.05, 4.69) is 46.9 Å². The molecule has 0 aliphatic carbocycles. The number of rotatable bonds is 15. The van der Waals surface area contributed by atoms with E-state index >= 15 is 0 Å². The molecular weight excluding hydrogens is 478 g/mol. The molecule has 3 nitrogen and oxygen atoms in total. The molecule has 1 unspecified atom stereocenters. The van der Waals surface area contributed by atoms with Crippen LogP contribution >= 0.6 is 7.26 Å². The van der Waals surface area contributed by atoms with Crippen molar-refractivity contribution in [3.63, 3.8) is 0 Å². The molecular formula is C26H47NO2PY+. The first kappa shape index (κ1) is 31.0. The van der Waals surface area contributed by atoms with E-state index in [1.165, 1.54) is 57.0 Å². The second kappa shape index (κ2) is 16.6. The number of methoxy groups -OCH3 is 1. The number of hydrogen-bond donors (Lipinski definition) is 1. The number of carbonyl (C=O) groups is 1. The summed E-state index contributed by atoms with van der Waals surface area (Å²) in [5.41, 5.74) is 3.32. The third-order valence-corrected chi connectivity index (χ3v) is 11.8. The second-order valence-electron chi connectivity index (χ2n) is 8.88. The molecule has 0 saturated carbocycles. The van der Waals surface area contributed by atoms with E-state index in [1.807, 2.05) is 12.1 Å². The fourth-order valence-corrected chi connectivity index (χ4v) is 10.4. The Morgan fingerprint density at radius 3 is 1.71 bits per heavy atom. The number of carbonyl (C=O) groups excluding carboxylic acids is 1. The van der Waals surface area contributed by atoms with Crippen molar-refractivity contribution in [3.8, 4) is 5.75 Å². The molecule has 31 heavy (non-hydrogen) atoms. The first-order valence-corrected chi connectivity index (χ1v) is 14.6. The Hall–Kier alpha value is 0.0239. The van der Waals surface area contributed by atoms with E-state index in [9.17, 15) is 4.79 Å². The zero-order valence-electron chi connectivity index (χ0n) is 21.4. The minimum absolute atomic E-state index is 0. The minimum atomic E-state index is -1.35. The average molecular weight is 526 g/mol. The van der Waals surface area contributed by atoms with E-state index in [-0.39, 0.29) is 44.3 Å². The van der Waals surface area contributed by atoms with Crippen molar-refractivity contribution in [3.05, 3.63) is 23.3 Å². The van der Waals surface area contributed by atoms with Crippen LogP contribution in [0.1, 0.15) is 90.2 Å². The topological polar surface area (TPSA) is 38.3 Å². The molecule has 0 saturated heterocycles. The summed E-state index contributed by atoms with van der Waals surface area (Å²) in [6.07, 6.45) is 13.4. The summed E-state index contributed by atoms with van der Waals surface area (Å²) in [6.45, 7) is 13.2. The van der Waals surface area contributed by atoms with Gasteiger partial charge in [-0.2, -0.15) is 0 Å². The van der Waals surface area contributed by atoms with Gasteiger partial charge in [0.1, 0.15) is 11.4 Å². The molecule has 1 rings (SSSR count). The van der Waals surface area contributed by atoms with Crippen molar-refractivity contribution < 1.29 is 42.2 Å². The van der Waals surface area contributed by atoms with Crippen LogP contribution in [0.4, 0.5) is 5.69 Å². The van der Waals surface area contributed by atoms with Gasteiger partial charge in [0.15, 0.2) is 0 Å². The predicted molar refractivity (Wildman–Crippen MR) is 136 cm³/mol. The Morgan fingerprint density at radius 1 is 0.903 bits per heavy atom. The molecule has 0 aromatic heterocycles. The standard InChI is InChI=1S/C26H46NO2P.Y/c1-8-12-16-30(17-13-9-2,18-14-10-3)24(15-11-4)26(28)27-25-21(5)19-23(29-7)20-22(25)6;/h19-20,24H,8-18H2,1-7H3;/p+1. The number of unbranched alkanes of at least 4 members (excludes halogenated alkanes) is 3. The van der Waals surface area contributed by atoms with Crippen LogP contribution in [0.25, 0.3) is 0 Å². The first-order chi connectivity index (χ1) is 14.4. The first-order valence-electron chi connectivity index (χ1n) is 12.2. The number of nitrogens with one attached hydrogen (secondary N) is 1. The summed E-state index contributed by atoms with van der Waals surface area (Å²) in [6, 6.07) is 4.04. The van der Waals surface area contributed by atoms with Crippen molar-refractivity contribution in [1.82, 2.24) is 0 Å². The predicted octanol–water partition coefficient (Wildman–Crippen LogP) is 7.83. The Labute approximate surface area is 218 Å². The van der Waals surface area contributed by atoms with Crippen molar-refractivity contribution in [1.29, 1.82) is 0 Å². The van der Waals surface area contributed by atoms with Crippen molar-refractivity contribution in [2.45, 2.75) is 98.6 Å². The molecule has 175 valence electrons. The molecule has 1 radical (unpaired) electrons. The van der Waals surface area contributed by atoms with Gasteiger partial charge in [-0.1, -0.05) is 53.4 Å². The van der Waals surface area contributed by atoms with Gasteiger partial charge < -0.3 is 10.1 Å². The van der Waals surface area contributed by atoms with E-state index in [4.69, 9.17) is 4.74 Å². The van der Waals surface area contributed by atoms with Gasteiger partial charge in [-0.3, -0.25) is 4.79 Å². The summed E-state index contributed by atoms with van der Waals surface area (Å²) in [5, 5.41) is 3.38. The number of hydrogen-bond acceptors (Lipinski definition) is 2. The number of amides is 1. The van der Waals surface area contributed by atoms with Gasteiger partial charge in [0.25, 0.3) is 5.91 Å². The molecule has 0 heterocycles. The molecule has 0 aliphatic rings. The summed E-state index contributed by atoms with van der Waals surface area (Å²) in [7, 11) is 0.344. The quantitative estimate of drug-likeness (QED) is 0.237. The number of anilines is 1. The van der Waals surface area contributed by atoms with Crippen LogP contribution in [-0.2, 0) is 37.5 Å². The zero-order chi connectivity index (χ0) is 22.6. The monoisotopic (exact) mass is 525 g/mol. The SMILES string of the molecule is CCCC[P+](CCCC)(CCCC)C(CCC)C(=O)Nc1c(C)cc(OC)cc1C.[Y]. The molecule has 1 aromatic carbocycles. The Bertz CT molecular complexity index is 606. The van der Waals surface area contributed by atoms with Crippen LogP contribution in [0.15, 0.2) is 12.1 Å². The maximum Gasteiger partial charge on any atom is 0.265 e. The van der Waals surface area contributed by atoms with Crippen LogP contribution in [0.5, 0.6) is 5.75 Å². The van der Waals surface area contributed by atoms with Gasteiger partial charge in [-0.25, -0.2) is 0 Å². The van der Waals surface area contributed by atoms with Crippen LogP contribution in [0.3, 0.4) is 0 Å². The van der Waals surface area contributed by atoms with Crippen molar-refractivity contribution >= 4 is 18.9 Å². The van der Waals surface area contributed by atoms with Crippen molar-refractivity contribution in [2.24, 2.45) is 0 Å². The molecule has 1 amide bonds. The molecule has 0 spiro atoms. The molecule has 0 bridgehead atoms. The summed E-state index contributed by atoms with van der Waals surface area (Å²) < 4.78 is 5.40. The van der Waals surface area contributed by atoms with E-state index in [1.54, 1.807) is 7.11 Å². The minimum Gasteiger partial charge on any atom is -0.497 e. The third-order valence-electron chi connectivity index (χ3n) is 6.39. The van der Waals surface area contributed by atoms with Gasteiger partial charge >= 0.3 is 0 Å². The average Bonchev–Trinajstić information content (AvgIpc) is 2.74. The van der Waals surface area contributed by atoms with E-state index < -0.39 is 7.26 Å². The summed E-state index contributed by atoms with van der Waals surface area (Å²) in [5.74, 6) is 1.12. The zero-order valence-corrected chi connectivity index (χ0v) is 25.1. The maximum atomic E-state index is 13.8. The second-order valence-corrected chi connectivity index (χ2v) is 13.3. The molecule has 5 heteroatoms. The Morgan fingerprint density at radius 2 is 1.35 bits per heavy atom. The number of benzene rings is 1. The van der Waals surface area contributed by atoms with E-state index in [0.717, 1.165) is 35.4 Å². The molecule has 0 fully saturated rings. The fraction of sp³-hybridized carbons (Fsp3) is 0.731. The van der Waals surface area contributed by atoms with Gasteiger partial charge in [0.05, 0.1) is 25.6 Å². The Kier molecular flexibility index (Phi) is 16.6. The van der Waals surface area contributed by atoms with E-state index in [0.29, 0.717) is 0 Å². The number of ether oxygens (including phenoxy) is 1. The Balaban J connectivity index is 0.00000900. The van der Waals surface area contributed by atoms with Gasteiger partial charge in [-0.05, 0) is 62.8 Å². The molecule has 0 aliphatic heterocycles. The van der Waals surface area contributed by atoms with Crippen LogP contribution in [0, 0.1) is 13.8 Å². The van der Waals surface area contributed by atoms with Crippen LogP contribution in [-0.4, -0.2) is 37.2 Å². The summed E-state index contributed by atoms with van der Waals surface area (Å²) in [4.78, 5) is 13.8. The normalized spacial score (nSPS) is 12.2. The summed E-state index contributed by atoms with van der Waals surface area (Å²) >= 11 is 0. The maximum absolute atomic E-state index is 13.8. The van der Waals surface area contributed by atoms with Gasteiger partial charge in [0, 0.05) is 45.7 Å². The van der Waals surface area contributed by atoms with Gasteiger partial charge in [-0.15, -0.1) is 0 Å². The largest absolute Gasteiger partial charge is 0.497 e. The smallest absolute Gasteiger partial charge is 0.265 e.